The molecule has 0 atom stereocenters. The number of anilines is 1. The second-order valence-corrected chi connectivity index (χ2v) is 4.26. The Morgan fingerprint density at radius 3 is 2.86 bits per heavy atom. The van der Waals surface area contributed by atoms with Crippen molar-refractivity contribution in [1.82, 2.24) is 9.55 Å². The van der Waals surface area contributed by atoms with Crippen LogP contribution in [-0.4, -0.2) is 16.6 Å². The van der Waals surface area contributed by atoms with E-state index in [1.807, 2.05) is 14.0 Å². The monoisotopic (exact) mass is 193 g/mol. The van der Waals surface area contributed by atoms with Crippen molar-refractivity contribution in [2.24, 2.45) is 5.92 Å². The summed E-state index contributed by atoms with van der Waals surface area (Å²) in [7, 11) is 1.94. The minimum atomic E-state index is 0.871. The Kier molecular flexibility index (Phi) is 2.75. The van der Waals surface area contributed by atoms with E-state index in [9.17, 15) is 0 Å². The Labute approximate surface area is 85.5 Å². The van der Waals surface area contributed by atoms with E-state index in [-0.39, 0.29) is 0 Å². The number of imidazole rings is 1. The summed E-state index contributed by atoms with van der Waals surface area (Å²) in [4.78, 5) is 4.42. The van der Waals surface area contributed by atoms with E-state index in [2.05, 4.69) is 21.1 Å². The lowest BCUT2D eigenvalue weighted by Gasteiger charge is -2.11. The van der Waals surface area contributed by atoms with Crippen LogP contribution in [0.4, 0.5) is 5.95 Å². The summed E-state index contributed by atoms with van der Waals surface area (Å²) in [6, 6.07) is 0. The first-order chi connectivity index (χ1) is 6.79. The Morgan fingerprint density at radius 2 is 2.21 bits per heavy atom. The van der Waals surface area contributed by atoms with Crippen molar-refractivity contribution in [3.8, 4) is 0 Å². The average Bonchev–Trinajstić information content (AvgIpc) is 2.76. The Morgan fingerprint density at radius 1 is 1.50 bits per heavy atom. The van der Waals surface area contributed by atoms with Crippen molar-refractivity contribution in [2.75, 3.05) is 12.4 Å². The normalized spacial score (nSPS) is 17.6. The third-order valence-electron chi connectivity index (χ3n) is 3.05. The number of aromatic nitrogens is 2. The largest absolute Gasteiger partial charge is 0.359 e. The molecule has 0 amide bonds. The van der Waals surface area contributed by atoms with Gasteiger partial charge in [-0.3, -0.25) is 0 Å². The Balaban J connectivity index is 2.06. The molecule has 0 spiro atoms. The minimum absolute atomic E-state index is 0.871. The van der Waals surface area contributed by atoms with Crippen LogP contribution in [0, 0.1) is 12.8 Å². The van der Waals surface area contributed by atoms with Crippen LogP contribution in [0.1, 0.15) is 31.4 Å². The Bertz CT molecular complexity index is 297. The molecule has 1 aromatic heterocycles. The maximum absolute atomic E-state index is 4.42. The molecule has 1 aromatic rings. The van der Waals surface area contributed by atoms with Gasteiger partial charge in [0.25, 0.3) is 0 Å². The summed E-state index contributed by atoms with van der Waals surface area (Å²) in [6.07, 6.45) is 7.74. The Hall–Kier alpha value is -0.990. The fourth-order valence-electron chi connectivity index (χ4n) is 2.36. The number of hydrogen-bond donors (Lipinski definition) is 1. The van der Waals surface area contributed by atoms with Crippen LogP contribution in [-0.2, 0) is 6.54 Å². The van der Waals surface area contributed by atoms with Crippen LogP contribution in [0.15, 0.2) is 6.20 Å². The average molecular weight is 193 g/mol. The maximum Gasteiger partial charge on any atom is 0.202 e. The van der Waals surface area contributed by atoms with Gasteiger partial charge in [0.1, 0.15) is 0 Å². The SMILES string of the molecule is CNc1nc(C)cn1CC1CCCC1. The van der Waals surface area contributed by atoms with E-state index in [0.29, 0.717) is 0 Å². The van der Waals surface area contributed by atoms with E-state index in [1.54, 1.807) is 0 Å². The smallest absolute Gasteiger partial charge is 0.202 e. The number of nitrogens with zero attached hydrogens (tertiary/aromatic N) is 2. The maximum atomic E-state index is 4.42. The van der Waals surface area contributed by atoms with E-state index in [4.69, 9.17) is 0 Å². The van der Waals surface area contributed by atoms with Crippen LogP contribution in [0.3, 0.4) is 0 Å². The molecular formula is C11H19N3. The molecule has 0 aromatic carbocycles. The highest BCUT2D eigenvalue weighted by molar-refractivity contribution is 5.27. The van der Waals surface area contributed by atoms with Crippen molar-refractivity contribution in [3.05, 3.63) is 11.9 Å². The van der Waals surface area contributed by atoms with Crippen LogP contribution < -0.4 is 5.32 Å². The minimum Gasteiger partial charge on any atom is -0.359 e. The first-order valence-corrected chi connectivity index (χ1v) is 5.51. The second kappa shape index (κ2) is 4.03. The molecule has 1 aliphatic rings. The summed E-state index contributed by atoms with van der Waals surface area (Å²) in [5, 5.41) is 3.14. The van der Waals surface area contributed by atoms with Gasteiger partial charge in [-0.05, 0) is 25.7 Å². The number of hydrogen-bond acceptors (Lipinski definition) is 2. The molecule has 0 saturated heterocycles. The van der Waals surface area contributed by atoms with Crippen molar-refractivity contribution in [3.63, 3.8) is 0 Å². The molecule has 0 radical (unpaired) electrons. The standard InChI is InChI=1S/C11H19N3/c1-9-7-14(11(12-2)13-9)8-10-5-3-4-6-10/h7,10H,3-6,8H2,1-2H3,(H,12,13). The van der Waals surface area contributed by atoms with Gasteiger partial charge in [0, 0.05) is 19.8 Å². The fraction of sp³-hybridized carbons (Fsp3) is 0.727. The van der Waals surface area contributed by atoms with Crippen LogP contribution in [0.2, 0.25) is 0 Å². The molecule has 78 valence electrons. The highest BCUT2D eigenvalue weighted by atomic mass is 15.2. The molecule has 1 N–H and O–H groups in total. The van der Waals surface area contributed by atoms with Gasteiger partial charge in [0.15, 0.2) is 0 Å². The molecule has 14 heavy (non-hydrogen) atoms. The number of nitrogens with one attached hydrogen (secondary N) is 1. The fourth-order valence-corrected chi connectivity index (χ4v) is 2.36. The lowest BCUT2D eigenvalue weighted by Crippen LogP contribution is -2.09. The zero-order valence-electron chi connectivity index (χ0n) is 9.08. The summed E-state index contributed by atoms with van der Waals surface area (Å²) in [5.74, 6) is 1.88. The van der Waals surface area contributed by atoms with Gasteiger partial charge in [-0.25, -0.2) is 4.98 Å². The first kappa shape index (κ1) is 9.56. The summed E-state index contributed by atoms with van der Waals surface area (Å²) >= 11 is 0. The highest BCUT2D eigenvalue weighted by Gasteiger charge is 2.16. The molecule has 1 saturated carbocycles. The number of rotatable bonds is 3. The van der Waals surface area contributed by atoms with E-state index in [1.165, 1.54) is 25.7 Å². The van der Waals surface area contributed by atoms with E-state index in [0.717, 1.165) is 24.1 Å². The van der Waals surface area contributed by atoms with Gasteiger partial charge >= 0.3 is 0 Å². The van der Waals surface area contributed by atoms with Crippen molar-refractivity contribution < 1.29 is 0 Å². The van der Waals surface area contributed by atoms with Gasteiger partial charge < -0.3 is 9.88 Å². The van der Waals surface area contributed by atoms with Gasteiger partial charge in [-0.1, -0.05) is 12.8 Å². The topological polar surface area (TPSA) is 29.9 Å². The lowest BCUT2D eigenvalue weighted by molar-refractivity contribution is 0.460. The van der Waals surface area contributed by atoms with Gasteiger partial charge in [-0.15, -0.1) is 0 Å². The third kappa shape index (κ3) is 1.91. The molecule has 1 fully saturated rings. The molecule has 3 nitrogen and oxygen atoms in total. The van der Waals surface area contributed by atoms with Crippen molar-refractivity contribution in [2.45, 2.75) is 39.2 Å². The molecule has 0 unspecified atom stereocenters. The number of aryl methyl sites for hydroxylation is 1. The van der Waals surface area contributed by atoms with Gasteiger partial charge in [0.05, 0.1) is 5.69 Å². The van der Waals surface area contributed by atoms with Crippen molar-refractivity contribution in [1.29, 1.82) is 0 Å². The molecule has 1 heterocycles. The third-order valence-corrected chi connectivity index (χ3v) is 3.05. The van der Waals surface area contributed by atoms with Crippen molar-refractivity contribution >= 4 is 5.95 Å². The van der Waals surface area contributed by atoms with Crippen LogP contribution in [0.25, 0.3) is 0 Å². The lowest BCUT2D eigenvalue weighted by atomic mass is 10.1. The molecule has 0 bridgehead atoms. The first-order valence-electron chi connectivity index (χ1n) is 5.51. The molecular weight excluding hydrogens is 174 g/mol. The predicted molar refractivity (Wildman–Crippen MR) is 58.5 cm³/mol. The van der Waals surface area contributed by atoms with Gasteiger partial charge in [0.2, 0.25) is 5.95 Å². The molecule has 2 rings (SSSR count). The molecule has 0 aliphatic heterocycles. The summed E-state index contributed by atoms with van der Waals surface area (Å²) in [6.45, 7) is 3.18. The zero-order valence-corrected chi connectivity index (χ0v) is 9.08. The second-order valence-electron chi connectivity index (χ2n) is 4.26. The van der Waals surface area contributed by atoms with E-state index >= 15 is 0 Å². The van der Waals surface area contributed by atoms with Crippen LogP contribution >= 0.6 is 0 Å². The summed E-state index contributed by atoms with van der Waals surface area (Å²) in [5.41, 5.74) is 1.10. The van der Waals surface area contributed by atoms with Crippen LogP contribution in [0.5, 0.6) is 0 Å². The van der Waals surface area contributed by atoms with E-state index < -0.39 is 0 Å². The van der Waals surface area contributed by atoms with Gasteiger partial charge in [-0.2, -0.15) is 0 Å². The molecule has 3 heteroatoms. The highest BCUT2D eigenvalue weighted by Crippen LogP contribution is 2.27. The summed E-state index contributed by atoms with van der Waals surface area (Å²) < 4.78 is 2.26. The zero-order chi connectivity index (χ0) is 9.97. The predicted octanol–water partition coefficient (Wildman–Crippen LogP) is 2.42. The molecule has 1 aliphatic carbocycles. The quantitative estimate of drug-likeness (QED) is 0.799.